The van der Waals surface area contributed by atoms with Gasteiger partial charge in [0.1, 0.15) is 0 Å². The Kier molecular flexibility index (Phi) is 3.92. The quantitative estimate of drug-likeness (QED) is 0.885. The largest absolute Gasteiger partial charge is 0.333 e. The minimum Gasteiger partial charge on any atom is -0.333 e. The summed E-state index contributed by atoms with van der Waals surface area (Å²) in [5.74, 6) is 0.335. The zero-order chi connectivity index (χ0) is 14.8. The summed E-state index contributed by atoms with van der Waals surface area (Å²) in [4.78, 5) is 26.1. The van der Waals surface area contributed by atoms with E-state index >= 15 is 0 Å². The zero-order valence-electron chi connectivity index (χ0n) is 12.3. The molecule has 0 bridgehead atoms. The summed E-state index contributed by atoms with van der Waals surface area (Å²) in [7, 11) is 0. The van der Waals surface area contributed by atoms with Crippen LogP contribution >= 0.6 is 0 Å². The molecule has 0 aromatic heterocycles. The Morgan fingerprint density at radius 1 is 1.24 bits per heavy atom. The van der Waals surface area contributed by atoms with Crippen molar-refractivity contribution in [2.45, 2.75) is 25.8 Å². The molecular formula is C16H21N3O2. The Hall–Kier alpha value is -1.88. The van der Waals surface area contributed by atoms with Crippen LogP contribution in [0.15, 0.2) is 24.3 Å². The lowest BCUT2D eigenvalue weighted by molar-refractivity contribution is -0.117. The number of nitrogens with one attached hydrogen (secondary N) is 2. The van der Waals surface area contributed by atoms with Gasteiger partial charge in [0.2, 0.25) is 5.91 Å². The van der Waals surface area contributed by atoms with Crippen molar-refractivity contribution in [1.82, 2.24) is 10.2 Å². The van der Waals surface area contributed by atoms with E-state index in [1.54, 1.807) is 24.3 Å². The van der Waals surface area contributed by atoms with Gasteiger partial charge in [0.25, 0.3) is 5.91 Å². The molecule has 1 aliphatic heterocycles. The summed E-state index contributed by atoms with van der Waals surface area (Å²) in [5, 5.41) is 6.16. The van der Waals surface area contributed by atoms with E-state index in [0.29, 0.717) is 5.56 Å². The third kappa shape index (κ3) is 3.24. The summed E-state index contributed by atoms with van der Waals surface area (Å²) < 4.78 is 0. The van der Waals surface area contributed by atoms with Crippen LogP contribution in [0.2, 0.25) is 0 Å². The zero-order valence-corrected chi connectivity index (χ0v) is 12.3. The van der Waals surface area contributed by atoms with Crippen LogP contribution in [0.5, 0.6) is 0 Å². The fourth-order valence-corrected chi connectivity index (χ4v) is 2.59. The van der Waals surface area contributed by atoms with Gasteiger partial charge in [-0.15, -0.1) is 0 Å². The van der Waals surface area contributed by atoms with Crippen LogP contribution in [0.4, 0.5) is 5.69 Å². The first kappa shape index (κ1) is 14.1. The first-order valence-corrected chi connectivity index (χ1v) is 7.58. The molecule has 1 saturated heterocycles. The Labute approximate surface area is 124 Å². The van der Waals surface area contributed by atoms with Gasteiger partial charge in [-0.25, -0.2) is 0 Å². The van der Waals surface area contributed by atoms with Crippen LogP contribution in [0.25, 0.3) is 0 Å². The van der Waals surface area contributed by atoms with Crippen LogP contribution in [0, 0.1) is 5.92 Å². The minimum absolute atomic E-state index is 0.0593. The van der Waals surface area contributed by atoms with Gasteiger partial charge in [0.15, 0.2) is 0 Å². The molecule has 1 aromatic rings. The molecule has 3 rings (SSSR count). The van der Waals surface area contributed by atoms with Crippen LogP contribution in [0.1, 0.15) is 30.1 Å². The average Bonchev–Trinajstić information content (AvgIpc) is 3.32. The van der Waals surface area contributed by atoms with Crippen LogP contribution in [-0.4, -0.2) is 42.4 Å². The molecule has 112 valence electrons. The fraction of sp³-hybridized carbons (Fsp3) is 0.500. The summed E-state index contributed by atoms with van der Waals surface area (Å²) in [5.41, 5.74) is 1.44. The SMILES string of the molecule is C[C@H]1CNCCN1C(=O)c1ccc(NC(=O)C2CC2)cc1. The molecule has 5 nitrogen and oxygen atoms in total. The highest BCUT2D eigenvalue weighted by Crippen LogP contribution is 2.30. The number of hydrogen-bond donors (Lipinski definition) is 2. The number of carbonyl (C=O) groups is 2. The van der Waals surface area contributed by atoms with Gasteiger partial charge in [-0.2, -0.15) is 0 Å². The number of carbonyl (C=O) groups excluding carboxylic acids is 2. The van der Waals surface area contributed by atoms with Gasteiger partial charge in [0, 0.05) is 42.8 Å². The average molecular weight is 287 g/mol. The Morgan fingerprint density at radius 2 is 1.95 bits per heavy atom. The van der Waals surface area contributed by atoms with E-state index in [1.165, 1.54) is 0 Å². The predicted octanol–water partition coefficient (Wildman–Crippen LogP) is 1.47. The number of rotatable bonds is 3. The van der Waals surface area contributed by atoms with Crippen LogP contribution < -0.4 is 10.6 Å². The molecule has 2 N–H and O–H groups in total. The number of nitrogens with zero attached hydrogens (tertiary/aromatic N) is 1. The fourth-order valence-electron chi connectivity index (χ4n) is 2.59. The van der Waals surface area contributed by atoms with Crippen molar-refractivity contribution in [1.29, 1.82) is 0 Å². The van der Waals surface area contributed by atoms with E-state index in [1.807, 2.05) is 11.8 Å². The smallest absolute Gasteiger partial charge is 0.254 e. The summed E-state index contributed by atoms with van der Waals surface area (Å²) >= 11 is 0. The lowest BCUT2D eigenvalue weighted by atomic mass is 10.1. The maximum atomic E-state index is 12.5. The molecule has 0 unspecified atom stereocenters. The van der Waals surface area contributed by atoms with Crippen LogP contribution in [-0.2, 0) is 4.79 Å². The van der Waals surface area contributed by atoms with Gasteiger partial charge < -0.3 is 15.5 Å². The first-order chi connectivity index (χ1) is 10.1. The topological polar surface area (TPSA) is 61.4 Å². The van der Waals surface area contributed by atoms with Crippen molar-refractivity contribution in [3.63, 3.8) is 0 Å². The second kappa shape index (κ2) is 5.85. The number of benzene rings is 1. The molecule has 2 aliphatic rings. The van der Waals surface area contributed by atoms with Crippen molar-refractivity contribution >= 4 is 17.5 Å². The minimum atomic E-state index is 0.0593. The van der Waals surface area contributed by atoms with Crippen molar-refractivity contribution in [3.8, 4) is 0 Å². The Balaban J connectivity index is 1.65. The van der Waals surface area contributed by atoms with E-state index in [-0.39, 0.29) is 23.8 Å². The maximum absolute atomic E-state index is 12.5. The molecule has 1 aromatic carbocycles. The standard InChI is InChI=1S/C16H21N3O2/c1-11-10-17-8-9-19(11)16(21)13-4-6-14(7-5-13)18-15(20)12-2-3-12/h4-7,11-12,17H,2-3,8-10H2,1H3,(H,18,20)/t11-/m0/s1. The van der Waals surface area contributed by atoms with Gasteiger partial charge >= 0.3 is 0 Å². The van der Waals surface area contributed by atoms with Gasteiger partial charge in [-0.05, 0) is 44.0 Å². The van der Waals surface area contributed by atoms with Crippen LogP contribution in [0.3, 0.4) is 0 Å². The number of piperazine rings is 1. The molecule has 0 radical (unpaired) electrons. The highest BCUT2D eigenvalue weighted by Gasteiger charge is 2.29. The molecule has 2 amide bonds. The number of hydrogen-bond acceptors (Lipinski definition) is 3. The molecule has 1 saturated carbocycles. The molecule has 1 aliphatic carbocycles. The van der Waals surface area contributed by atoms with Crippen molar-refractivity contribution < 1.29 is 9.59 Å². The third-order valence-electron chi connectivity index (χ3n) is 4.11. The maximum Gasteiger partial charge on any atom is 0.254 e. The highest BCUT2D eigenvalue weighted by atomic mass is 16.2. The molecule has 1 heterocycles. The molecule has 1 atom stereocenters. The van der Waals surface area contributed by atoms with E-state index in [4.69, 9.17) is 0 Å². The summed E-state index contributed by atoms with van der Waals surface area (Å²) in [6.45, 7) is 4.46. The number of anilines is 1. The molecule has 5 heteroatoms. The Morgan fingerprint density at radius 3 is 2.57 bits per heavy atom. The summed E-state index contributed by atoms with van der Waals surface area (Å²) in [6, 6.07) is 7.40. The first-order valence-electron chi connectivity index (χ1n) is 7.58. The van der Waals surface area contributed by atoms with E-state index in [0.717, 1.165) is 38.2 Å². The van der Waals surface area contributed by atoms with E-state index in [2.05, 4.69) is 10.6 Å². The van der Waals surface area contributed by atoms with Crippen molar-refractivity contribution in [2.24, 2.45) is 5.92 Å². The van der Waals surface area contributed by atoms with Gasteiger partial charge in [-0.3, -0.25) is 9.59 Å². The summed E-state index contributed by atoms with van der Waals surface area (Å²) in [6.07, 6.45) is 1.98. The highest BCUT2D eigenvalue weighted by molar-refractivity contribution is 5.97. The molecule has 21 heavy (non-hydrogen) atoms. The van der Waals surface area contributed by atoms with Gasteiger partial charge in [-0.1, -0.05) is 0 Å². The number of amides is 2. The predicted molar refractivity (Wildman–Crippen MR) is 81.2 cm³/mol. The van der Waals surface area contributed by atoms with E-state index < -0.39 is 0 Å². The Bertz CT molecular complexity index is 537. The van der Waals surface area contributed by atoms with Gasteiger partial charge in [0.05, 0.1) is 0 Å². The molecule has 2 fully saturated rings. The lowest BCUT2D eigenvalue weighted by Gasteiger charge is -2.34. The third-order valence-corrected chi connectivity index (χ3v) is 4.11. The van der Waals surface area contributed by atoms with Crippen molar-refractivity contribution in [2.75, 3.05) is 25.0 Å². The second-order valence-corrected chi connectivity index (χ2v) is 5.89. The monoisotopic (exact) mass is 287 g/mol. The molecular weight excluding hydrogens is 266 g/mol. The normalized spacial score (nSPS) is 22.0. The second-order valence-electron chi connectivity index (χ2n) is 5.89. The van der Waals surface area contributed by atoms with Crippen molar-refractivity contribution in [3.05, 3.63) is 29.8 Å². The van der Waals surface area contributed by atoms with E-state index in [9.17, 15) is 9.59 Å². The molecule has 0 spiro atoms. The lowest BCUT2D eigenvalue weighted by Crippen LogP contribution is -2.52.